The normalized spacial score (nSPS) is 30.0. The van der Waals surface area contributed by atoms with Gasteiger partial charge < -0.3 is 10.0 Å². The minimum atomic E-state index is 0.380. The van der Waals surface area contributed by atoms with Gasteiger partial charge in [-0.25, -0.2) is 0 Å². The van der Waals surface area contributed by atoms with Gasteiger partial charge in [-0.2, -0.15) is 0 Å². The van der Waals surface area contributed by atoms with E-state index in [9.17, 15) is 0 Å². The van der Waals surface area contributed by atoms with E-state index >= 15 is 0 Å². The van der Waals surface area contributed by atoms with Gasteiger partial charge in [0.05, 0.1) is 0 Å². The molecule has 2 aliphatic heterocycles. The summed E-state index contributed by atoms with van der Waals surface area (Å²) in [6.07, 6.45) is 5.14. The number of nitrogens with zero attached hydrogens (tertiary/aromatic N) is 2. The maximum atomic E-state index is 9.16. The first-order chi connectivity index (χ1) is 7.83. The number of piperidine rings is 1. The van der Waals surface area contributed by atoms with Gasteiger partial charge in [-0.15, -0.1) is 0 Å². The van der Waals surface area contributed by atoms with Gasteiger partial charge >= 0.3 is 0 Å². The first kappa shape index (κ1) is 12.3. The van der Waals surface area contributed by atoms with E-state index in [0.717, 1.165) is 12.6 Å². The molecule has 94 valence electrons. The Kier molecular flexibility index (Phi) is 4.62. The maximum Gasteiger partial charge on any atom is 0.0471 e. The summed E-state index contributed by atoms with van der Waals surface area (Å²) < 4.78 is 0. The van der Waals surface area contributed by atoms with E-state index in [1.165, 1.54) is 51.9 Å². The lowest BCUT2D eigenvalue weighted by Crippen LogP contribution is -2.44. The SMILES string of the molecule is CCCN1CCC(N2CCC(CO)C2)CC1. The van der Waals surface area contributed by atoms with Crippen molar-refractivity contribution >= 4 is 0 Å². The van der Waals surface area contributed by atoms with Crippen LogP contribution in [0.5, 0.6) is 0 Å². The summed E-state index contributed by atoms with van der Waals surface area (Å²) in [6, 6.07) is 0.796. The number of rotatable bonds is 4. The van der Waals surface area contributed by atoms with Crippen LogP contribution in [0.25, 0.3) is 0 Å². The molecule has 0 radical (unpaired) electrons. The topological polar surface area (TPSA) is 26.7 Å². The average molecular weight is 226 g/mol. The molecule has 0 saturated carbocycles. The molecule has 16 heavy (non-hydrogen) atoms. The van der Waals surface area contributed by atoms with Crippen molar-refractivity contribution in [1.29, 1.82) is 0 Å². The molecule has 1 N–H and O–H groups in total. The van der Waals surface area contributed by atoms with Crippen molar-refractivity contribution in [2.24, 2.45) is 5.92 Å². The van der Waals surface area contributed by atoms with Crippen molar-refractivity contribution in [3.8, 4) is 0 Å². The second-order valence-electron chi connectivity index (χ2n) is 5.41. The van der Waals surface area contributed by atoms with E-state index in [1.807, 2.05) is 0 Å². The van der Waals surface area contributed by atoms with Gasteiger partial charge in [0.15, 0.2) is 0 Å². The quantitative estimate of drug-likeness (QED) is 0.779. The lowest BCUT2D eigenvalue weighted by atomic mass is 10.0. The average Bonchev–Trinajstić information content (AvgIpc) is 2.79. The number of aliphatic hydroxyl groups excluding tert-OH is 1. The summed E-state index contributed by atoms with van der Waals surface area (Å²) in [5, 5.41) is 9.16. The largest absolute Gasteiger partial charge is 0.396 e. The zero-order valence-corrected chi connectivity index (χ0v) is 10.6. The Morgan fingerprint density at radius 3 is 2.44 bits per heavy atom. The van der Waals surface area contributed by atoms with Crippen molar-refractivity contribution in [3.05, 3.63) is 0 Å². The van der Waals surface area contributed by atoms with Crippen LogP contribution in [0.15, 0.2) is 0 Å². The number of aliphatic hydroxyl groups is 1. The maximum absolute atomic E-state index is 9.16. The van der Waals surface area contributed by atoms with Gasteiger partial charge in [0, 0.05) is 19.2 Å². The molecule has 2 fully saturated rings. The third-order valence-electron chi connectivity index (χ3n) is 4.19. The summed E-state index contributed by atoms with van der Waals surface area (Å²) in [5.74, 6) is 0.550. The zero-order valence-electron chi connectivity index (χ0n) is 10.6. The Balaban J connectivity index is 1.72. The van der Waals surface area contributed by atoms with Crippen LogP contribution in [-0.4, -0.2) is 60.3 Å². The van der Waals surface area contributed by atoms with Crippen molar-refractivity contribution in [2.75, 3.05) is 39.3 Å². The highest BCUT2D eigenvalue weighted by Gasteiger charge is 2.29. The first-order valence-electron chi connectivity index (χ1n) is 6.90. The number of hydrogen-bond acceptors (Lipinski definition) is 3. The lowest BCUT2D eigenvalue weighted by molar-refractivity contribution is 0.119. The number of hydrogen-bond donors (Lipinski definition) is 1. The highest BCUT2D eigenvalue weighted by atomic mass is 16.3. The summed E-state index contributed by atoms with van der Waals surface area (Å²) in [7, 11) is 0. The van der Waals surface area contributed by atoms with E-state index in [4.69, 9.17) is 5.11 Å². The fourth-order valence-corrected chi connectivity index (χ4v) is 3.17. The molecule has 0 aromatic heterocycles. The van der Waals surface area contributed by atoms with Crippen molar-refractivity contribution in [3.63, 3.8) is 0 Å². The monoisotopic (exact) mass is 226 g/mol. The van der Waals surface area contributed by atoms with Crippen LogP contribution in [0, 0.1) is 5.92 Å². The van der Waals surface area contributed by atoms with Crippen molar-refractivity contribution < 1.29 is 5.11 Å². The van der Waals surface area contributed by atoms with Crippen molar-refractivity contribution in [2.45, 2.75) is 38.6 Å². The summed E-state index contributed by atoms with van der Waals surface area (Å²) >= 11 is 0. The fourth-order valence-electron chi connectivity index (χ4n) is 3.17. The van der Waals surface area contributed by atoms with Crippen LogP contribution < -0.4 is 0 Å². The van der Waals surface area contributed by atoms with E-state index < -0.39 is 0 Å². The predicted octanol–water partition coefficient (Wildman–Crippen LogP) is 1.18. The van der Waals surface area contributed by atoms with Crippen LogP contribution in [-0.2, 0) is 0 Å². The Morgan fingerprint density at radius 1 is 1.12 bits per heavy atom. The molecule has 2 aliphatic rings. The minimum absolute atomic E-state index is 0.380. The smallest absolute Gasteiger partial charge is 0.0471 e. The second kappa shape index (κ2) is 5.99. The lowest BCUT2D eigenvalue weighted by Gasteiger charge is -2.36. The van der Waals surface area contributed by atoms with E-state index in [-0.39, 0.29) is 0 Å². The Labute approximate surface area is 99.4 Å². The van der Waals surface area contributed by atoms with Gasteiger partial charge in [-0.3, -0.25) is 4.90 Å². The van der Waals surface area contributed by atoms with Crippen LogP contribution in [0.3, 0.4) is 0 Å². The third kappa shape index (κ3) is 2.96. The molecule has 1 unspecified atom stereocenters. The molecular weight excluding hydrogens is 200 g/mol. The van der Waals surface area contributed by atoms with Gasteiger partial charge in [0.1, 0.15) is 0 Å². The molecule has 0 aliphatic carbocycles. The molecular formula is C13H26N2O. The first-order valence-corrected chi connectivity index (χ1v) is 6.90. The zero-order chi connectivity index (χ0) is 11.4. The van der Waals surface area contributed by atoms with Gasteiger partial charge in [-0.05, 0) is 57.8 Å². The van der Waals surface area contributed by atoms with Crippen LogP contribution in [0.1, 0.15) is 32.6 Å². The molecule has 2 heterocycles. The molecule has 2 saturated heterocycles. The van der Waals surface area contributed by atoms with Crippen LogP contribution >= 0.6 is 0 Å². The highest BCUT2D eigenvalue weighted by Crippen LogP contribution is 2.24. The second-order valence-corrected chi connectivity index (χ2v) is 5.41. The van der Waals surface area contributed by atoms with Gasteiger partial charge in [-0.1, -0.05) is 6.92 Å². The van der Waals surface area contributed by atoms with Crippen LogP contribution in [0.4, 0.5) is 0 Å². The molecule has 0 spiro atoms. The summed E-state index contributed by atoms with van der Waals surface area (Å²) in [6.45, 7) is 8.81. The van der Waals surface area contributed by atoms with Gasteiger partial charge in [0.2, 0.25) is 0 Å². The Hall–Kier alpha value is -0.120. The molecule has 3 heteroatoms. The molecule has 0 aromatic rings. The molecule has 1 atom stereocenters. The Bertz CT molecular complexity index is 202. The predicted molar refractivity (Wildman–Crippen MR) is 66.5 cm³/mol. The molecule has 0 aromatic carbocycles. The van der Waals surface area contributed by atoms with Crippen molar-refractivity contribution in [1.82, 2.24) is 9.80 Å². The van der Waals surface area contributed by atoms with E-state index in [0.29, 0.717) is 12.5 Å². The minimum Gasteiger partial charge on any atom is -0.396 e. The third-order valence-corrected chi connectivity index (χ3v) is 4.19. The summed E-state index contributed by atoms with van der Waals surface area (Å²) in [5.41, 5.74) is 0. The fraction of sp³-hybridized carbons (Fsp3) is 1.00. The van der Waals surface area contributed by atoms with E-state index in [1.54, 1.807) is 0 Å². The molecule has 0 amide bonds. The number of likely N-dealkylation sites (tertiary alicyclic amines) is 2. The van der Waals surface area contributed by atoms with Gasteiger partial charge in [0.25, 0.3) is 0 Å². The summed E-state index contributed by atoms with van der Waals surface area (Å²) in [4.78, 5) is 5.21. The molecule has 3 nitrogen and oxygen atoms in total. The molecule has 0 bridgehead atoms. The standard InChI is InChI=1S/C13H26N2O/c1-2-6-14-7-4-13(5-8-14)15-9-3-12(10-15)11-16/h12-13,16H,2-11H2,1H3. The highest BCUT2D eigenvalue weighted by molar-refractivity contribution is 4.85. The van der Waals surface area contributed by atoms with Crippen LogP contribution in [0.2, 0.25) is 0 Å². The van der Waals surface area contributed by atoms with E-state index in [2.05, 4.69) is 16.7 Å². The Morgan fingerprint density at radius 2 is 1.88 bits per heavy atom. The molecule has 2 rings (SSSR count).